The van der Waals surface area contributed by atoms with Gasteiger partial charge in [0, 0.05) is 25.2 Å². The molecule has 1 aliphatic carbocycles. The first-order valence-electron chi connectivity index (χ1n) is 8.31. The number of rotatable bonds is 5. The van der Waals surface area contributed by atoms with E-state index in [0.717, 1.165) is 18.5 Å². The maximum absolute atomic E-state index is 12.1. The van der Waals surface area contributed by atoms with Gasteiger partial charge in [-0.15, -0.1) is 0 Å². The number of aromatic nitrogens is 2. The number of hydrogen-bond donors (Lipinski definition) is 2. The molecule has 7 heteroatoms. The van der Waals surface area contributed by atoms with Crippen molar-refractivity contribution in [1.29, 1.82) is 0 Å². The van der Waals surface area contributed by atoms with E-state index in [1.165, 1.54) is 23.4 Å². The van der Waals surface area contributed by atoms with Crippen molar-refractivity contribution >= 4 is 11.8 Å². The van der Waals surface area contributed by atoms with Gasteiger partial charge in [0.2, 0.25) is 5.91 Å². The van der Waals surface area contributed by atoms with Crippen molar-refractivity contribution in [2.75, 3.05) is 13.1 Å². The first-order chi connectivity index (χ1) is 11.0. The lowest BCUT2D eigenvalue weighted by atomic mass is 10.2. The molecule has 0 bridgehead atoms. The van der Waals surface area contributed by atoms with E-state index in [2.05, 4.69) is 10.4 Å². The molecule has 0 spiro atoms. The molecule has 2 N–H and O–H groups in total. The maximum Gasteiger partial charge on any atom is 0.251 e. The van der Waals surface area contributed by atoms with Crippen LogP contribution in [0.25, 0.3) is 0 Å². The standard InChI is InChI=1S/C16H24N4O3/c1-19-13(11-5-6-11)8-12(18-19)9-17-15(22)10-20-7-3-2-4-14(21)16(20)23/h8,11,14,21H,2-7,9-10H2,1H3,(H,17,22). The van der Waals surface area contributed by atoms with Crippen LogP contribution in [-0.4, -0.2) is 50.8 Å². The average molecular weight is 320 g/mol. The zero-order chi connectivity index (χ0) is 16.4. The Bertz CT molecular complexity index is 594. The Hall–Kier alpha value is -1.89. The van der Waals surface area contributed by atoms with Gasteiger partial charge < -0.3 is 15.3 Å². The highest BCUT2D eigenvalue weighted by atomic mass is 16.3. The topological polar surface area (TPSA) is 87.5 Å². The summed E-state index contributed by atoms with van der Waals surface area (Å²) in [5.74, 6) is 0.0609. The summed E-state index contributed by atoms with van der Waals surface area (Å²) in [5.41, 5.74) is 2.06. The number of aliphatic hydroxyl groups excluding tert-OH is 1. The van der Waals surface area contributed by atoms with Gasteiger partial charge in [0.1, 0.15) is 6.10 Å². The number of likely N-dealkylation sites (tertiary alicyclic amines) is 1. The van der Waals surface area contributed by atoms with E-state index >= 15 is 0 Å². The number of aryl methyl sites for hydroxylation is 1. The van der Waals surface area contributed by atoms with Crippen LogP contribution >= 0.6 is 0 Å². The average Bonchev–Trinajstić information content (AvgIpc) is 3.31. The molecular weight excluding hydrogens is 296 g/mol. The smallest absolute Gasteiger partial charge is 0.251 e. The van der Waals surface area contributed by atoms with Gasteiger partial charge in [-0.25, -0.2) is 0 Å². The Balaban J connectivity index is 1.51. The minimum atomic E-state index is -0.970. The van der Waals surface area contributed by atoms with Gasteiger partial charge in [-0.2, -0.15) is 5.10 Å². The first-order valence-corrected chi connectivity index (χ1v) is 8.31. The normalized spacial score (nSPS) is 22.1. The molecule has 0 aromatic carbocycles. The Morgan fingerprint density at radius 2 is 2.17 bits per heavy atom. The Morgan fingerprint density at radius 3 is 2.91 bits per heavy atom. The monoisotopic (exact) mass is 320 g/mol. The molecule has 1 saturated carbocycles. The van der Waals surface area contributed by atoms with Crippen molar-refractivity contribution in [2.45, 2.75) is 50.7 Å². The summed E-state index contributed by atoms with van der Waals surface area (Å²) >= 11 is 0. The minimum Gasteiger partial charge on any atom is -0.383 e. The van der Waals surface area contributed by atoms with Crippen molar-refractivity contribution in [3.8, 4) is 0 Å². The number of carbonyl (C=O) groups excluding carboxylic acids is 2. The van der Waals surface area contributed by atoms with Gasteiger partial charge >= 0.3 is 0 Å². The highest BCUT2D eigenvalue weighted by molar-refractivity contribution is 5.87. The molecule has 7 nitrogen and oxygen atoms in total. The molecule has 126 valence electrons. The van der Waals surface area contributed by atoms with Gasteiger partial charge in [0.15, 0.2) is 0 Å². The Kier molecular flexibility index (Phi) is 4.66. The third-order valence-corrected chi connectivity index (χ3v) is 4.52. The van der Waals surface area contributed by atoms with Crippen LogP contribution in [0.1, 0.15) is 49.4 Å². The number of hydrogen-bond acceptors (Lipinski definition) is 4. The Morgan fingerprint density at radius 1 is 1.39 bits per heavy atom. The number of nitrogens with zero attached hydrogens (tertiary/aromatic N) is 3. The van der Waals surface area contributed by atoms with Crippen LogP contribution in [0.3, 0.4) is 0 Å². The molecule has 2 fully saturated rings. The summed E-state index contributed by atoms with van der Waals surface area (Å²) in [7, 11) is 1.93. The van der Waals surface area contributed by atoms with Gasteiger partial charge in [-0.1, -0.05) is 0 Å². The third-order valence-electron chi connectivity index (χ3n) is 4.52. The molecule has 1 aliphatic heterocycles. The predicted molar refractivity (Wildman–Crippen MR) is 83.5 cm³/mol. The second kappa shape index (κ2) is 6.70. The SMILES string of the molecule is Cn1nc(CNC(=O)CN2CCCCC(O)C2=O)cc1C1CC1. The highest BCUT2D eigenvalue weighted by Crippen LogP contribution is 2.39. The van der Waals surface area contributed by atoms with Gasteiger partial charge in [-0.3, -0.25) is 14.3 Å². The highest BCUT2D eigenvalue weighted by Gasteiger charge is 2.28. The van der Waals surface area contributed by atoms with E-state index in [1.54, 1.807) is 0 Å². The summed E-state index contributed by atoms with van der Waals surface area (Å²) in [5, 5.41) is 16.9. The maximum atomic E-state index is 12.1. The molecule has 1 aromatic heterocycles. The minimum absolute atomic E-state index is 0.00178. The second-order valence-corrected chi connectivity index (χ2v) is 6.51. The first kappa shape index (κ1) is 16.0. The molecule has 1 unspecified atom stereocenters. The van der Waals surface area contributed by atoms with Crippen LogP contribution in [0, 0.1) is 0 Å². The zero-order valence-electron chi connectivity index (χ0n) is 13.5. The van der Waals surface area contributed by atoms with E-state index in [-0.39, 0.29) is 18.4 Å². The van der Waals surface area contributed by atoms with Crippen molar-refractivity contribution in [3.63, 3.8) is 0 Å². The molecule has 1 atom stereocenters. The van der Waals surface area contributed by atoms with Gasteiger partial charge in [-0.05, 0) is 38.2 Å². The summed E-state index contributed by atoms with van der Waals surface area (Å²) in [6.45, 7) is 0.890. The van der Waals surface area contributed by atoms with Crippen LogP contribution in [-0.2, 0) is 23.2 Å². The zero-order valence-corrected chi connectivity index (χ0v) is 13.5. The number of carbonyl (C=O) groups is 2. The lowest BCUT2D eigenvalue weighted by Gasteiger charge is -2.21. The van der Waals surface area contributed by atoms with Crippen molar-refractivity contribution in [3.05, 3.63) is 17.5 Å². The molecule has 1 saturated heterocycles. The molecule has 2 heterocycles. The molecule has 0 radical (unpaired) electrons. The number of nitrogens with one attached hydrogen (secondary N) is 1. The Labute approximate surface area is 135 Å². The van der Waals surface area contributed by atoms with Gasteiger partial charge in [0.25, 0.3) is 5.91 Å². The van der Waals surface area contributed by atoms with Crippen molar-refractivity contribution in [2.24, 2.45) is 7.05 Å². The summed E-state index contributed by atoms with van der Waals surface area (Å²) in [6.07, 6.45) is 3.57. The fourth-order valence-electron chi connectivity index (χ4n) is 3.05. The van der Waals surface area contributed by atoms with Crippen molar-refractivity contribution < 1.29 is 14.7 Å². The fraction of sp³-hybridized carbons (Fsp3) is 0.688. The predicted octanol–water partition coefficient (Wildman–Crippen LogP) is 0.287. The fourth-order valence-corrected chi connectivity index (χ4v) is 3.05. The molecule has 23 heavy (non-hydrogen) atoms. The lowest BCUT2D eigenvalue weighted by Crippen LogP contribution is -2.44. The summed E-state index contributed by atoms with van der Waals surface area (Å²) < 4.78 is 1.88. The lowest BCUT2D eigenvalue weighted by molar-refractivity contribution is -0.142. The molecule has 1 aromatic rings. The number of aliphatic hydroxyl groups is 1. The molecule has 2 amide bonds. The number of amides is 2. The van der Waals surface area contributed by atoms with Crippen LogP contribution in [0.2, 0.25) is 0 Å². The third kappa shape index (κ3) is 3.90. The largest absolute Gasteiger partial charge is 0.383 e. The van der Waals surface area contributed by atoms with E-state index in [0.29, 0.717) is 25.4 Å². The van der Waals surface area contributed by atoms with E-state index in [9.17, 15) is 14.7 Å². The molecule has 2 aliphatic rings. The van der Waals surface area contributed by atoms with Crippen LogP contribution in [0.5, 0.6) is 0 Å². The van der Waals surface area contributed by atoms with E-state index < -0.39 is 6.10 Å². The van der Waals surface area contributed by atoms with E-state index in [4.69, 9.17) is 0 Å². The van der Waals surface area contributed by atoms with Crippen LogP contribution in [0.4, 0.5) is 0 Å². The quantitative estimate of drug-likeness (QED) is 0.816. The van der Waals surface area contributed by atoms with Crippen molar-refractivity contribution in [1.82, 2.24) is 20.0 Å². The van der Waals surface area contributed by atoms with Crippen LogP contribution < -0.4 is 5.32 Å². The molecular formula is C16H24N4O3. The van der Waals surface area contributed by atoms with Crippen LogP contribution in [0.15, 0.2) is 6.07 Å². The summed E-state index contributed by atoms with van der Waals surface area (Å²) in [4.78, 5) is 25.5. The molecule has 3 rings (SSSR count). The van der Waals surface area contributed by atoms with Gasteiger partial charge in [0.05, 0.1) is 18.8 Å². The van der Waals surface area contributed by atoms with E-state index in [1.807, 2.05) is 17.8 Å². The second-order valence-electron chi connectivity index (χ2n) is 6.51. The summed E-state index contributed by atoms with van der Waals surface area (Å²) in [6, 6.07) is 2.04.